The SMILES string of the molecule is CCOCCOCCOC(=O)CC(C)OP. The van der Waals surface area contributed by atoms with Gasteiger partial charge in [0, 0.05) is 16.1 Å². The third-order valence-electron chi connectivity index (χ3n) is 1.75. The first-order chi connectivity index (χ1) is 7.70. The van der Waals surface area contributed by atoms with Gasteiger partial charge in [-0.3, -0.25) is 4.79 Å². The second-order valence-electron chi connectivity index (χ2n) is 3.18. The Balaban J connectivity index is 3.21. The molecule has 0 heterocycles. The van der Waals surface area contributed by atoms with Crippen LogP contribution >= 0.6 is 9.47 Å². The fourth-order valence-corrected chi connectivity index (χ4v) is 1.02. The van der Waals surface area contributed by atoms with Crippen LogP contribution in [0.3, 0.4) is 0 Å². The molecule has 0 saturated heterocycles. The number of hydrogen-bond donors (Lipinski definition) is 0. The van der Waals surface area contributed by atoms with Gasteiger partial charge >= 0.3 is 5.97 Å². The van der Waals surface area contributed by atoms with Gasteiger partial charge in [-0.15, -0.1) is 0 Å². The van der Waals surface area contributed by atoms with Crippen LogP contribution < -0.4 is 0 Å². The van der Waals surface area contributed by atoms with E-state index < -0.39 is 0 Å². The predicted octanol–water partition coefficient (Wildman–Crippen LogP) is 1.17. The first-order valence-corrected chi connectivity index (χ1v) is 5.84. The Bertz CT molecular complexity index is 177. The van der Waals surface area contributed by atoms with Gasteiger partial charge in [0.05, 0.1) is 32.3 Å². The molecular formula is C10H21O5P. The molecule has 0 aromatic heterocycles. The molecule has 0 aromatic rings. The van der Waals surface area contributed by atoms with Crippen molar-refractivity contribution in [2.24, 2.45) is 0 Å². The third kappa shape index (κ3) is 10.3. The molecule has 0 spiro atoms. The van der Waals surface area contributed by atoms with E-state index in [1.165, 1.54) is 0 Å². The molecule has 96 valence electrons. The van der Waals surface area contributed by atoms with Crippen LogP contribution in [0, 0.1) is 0 Å². The zero-order valence-corrected chi connectivity index (χ0v) is 11.1. The highest BCUT2D eigenvalue weighted by atomic mass is 31.0. The van der Waals surface area contributed by atoms with Crippen molar-refractivity contribution in [3.63, 3.8) is 0 Å². The highest BCUT2D eigenvalue weighted by molar-refractivity contribution is 7.09. The van der Waals surface area contributed by atoms with Gasteiger partial charge in [-0.2, -0.15) is 0 Å². The highest BCUT2D eigenvalue weighted by Crippen LogP contribution is 2.02. The molecule has 0 N–H and O–H groups in total. The molecular weight excluding hydrogens is 231 g/mol. The predicted molar refractivity (Wildman–Crippen MR) is 63.1 cm³/mol. The molecule has 5 nitrogen and oxygen atoms in total. The first-order valence-electron chi connectivity index (χ1n) is 5.37. The first kappa shape index (κ1) is 15.8. The van der Waals surface area contributed by atoms with E-state index in [1.807, 2.05) is 6.92 Å². The maximum Gasteiger partial charge on any atom is 0.308 e. The molecule has 0 aliphatic carbocycles. The van der Waals surface area contributed by atoms with Gasteiger partial charge in [0.25, 0.3) is 0 Å². The fourth-order valence-electron chi connectivity index (χ4n) is 0.920. The van der Waals surface area contributed by atoms with Crippen LogP contribution in [0.5, 0.6) is 0 Å². The van der Waals surface area contributed by atoms with Crippen LogP contribution in [0.1, 0.15) is 20.3 Å². The number of esters is 1. The van der Waals surface area contributed by atoms with E-state index in [9.17, 15) is 4.79 Å². The van der Waals surface area contributed by atoms with Crippen LogP contribution in [0.25, 0.3) is 0 Å². The van der Waals surface area contributed by atoms with Gasteiger partial charge in [0.15, 0.2) is 0 Å². The standard InChI is InChI=1S/C10H21O5P/c1-3-12-4-5-13-6-7-14-10(11)8-9(2)15-16/h9H,3-8,16H2,1-2H3. The van der Waals surface area contributed by atoms with Gasteiger partial charge in [0.1, 0.15) is 6.61 Å². The quantitative estimate of drug-likeness (QED) is 0.332. The molecule has 0 radical (unpaired) electrons. The number of hydrogen-bond acceptors (Lipinski definition) is 5. The van der Waals surface area contributed by atoms with E-state index in [4.69, 9.17) is 18.7 Å². The van der Waals surface area contributed by atoms with E-state index in [-0.39, 0.29) is 25.1 Å². The maximum absolute atomic E-state index is 11.2. The monoisotopic (exact) mass is 252 g/mol. The smallest absolute Gasteiger partial charge is 0.308 e. The average Bonchev–Trinajstić information content (AvgIpc) is 2.27. The second-order valence-corrected chi connectivity index (χ2v) is 3.45. The summed E-state index contributed by atoms with van der Waals surface area (Å²) in [5, 5.41) is 0. The van der Waals surface area contributed by atoms with Crippen LogP contribution in [0.15, 0.2) is 0 Å². The summed E-state index contributed by atoms with van der Waals surface area (Å²) in [6.45, 7) is 6.18. The molecule has 0 aliphatic heterocycles. The molecule has 0 aromatic carbocycles. The second kappa shape index (κ2) is 11.3. The Morgan fingerprint density at radius 1 is 1.19 bits per heavy atom. The van der Waals surface area contributed by atoms with Crippen molar-refractivity contribution < 1.29 is 23.5 Å². The van der Waals surface area contributed by atoms with Crippen molar-refractivity contribution >= 4 is 15.4 Å². The molecule has 0 amide bonds. The Morgan fingerprint density at radius 3 is 2.44 bits per heavy atom. The van der Waals surface area contributed by atoms with E-state index in [2.05, 4.69) is 9.47 Å². The Kier molecular flexibility index (Phi) is 11.1. The number of carbonyl (C=O) groups is 1. The number of rotatable bonds is 10. The Hall–Kier alpha value is -0.220. The topological polar surface area (TPSA) is 54.0 Å². The van der Waals surface area contributed by atoms with Gasteiger partial charge in [-0.25, -0.2) is 0 Å². The molecule has 0 fully saturated rings. The Morgan fingerprint density at radius 2 is 1.81 bits per heavy atom. The Labute approximate surface area is 99.1 Å². The molecule has 2 unspecified atom stereocenters. The normalized spacial score (nSPS) is 12.4. The van der Waals surface area contributed by atoms with Crippen molar-refractivity contribution in [1.29, 1.82) is 0 Å². The number of ether oxygens (including phenoxy) is 3. The minimum Gasteiger partial charge on any atom is -0.463 e. The largest absolute Gasteiger partial charge is 0.463 e. The van der Waals surface area contributed by atoms with Crippen LogP contribution in [0.4, 0.5) is 0 Å². The van der Waals surface area contributed by atoms with Gasteiger partial charge in [0.2, 0.25) is 0 Å². The van der Waals surface area contributed by atoms with Crippen molar-refractivity contribution in [3.05, 3.63) is 0 Å². The summed E-state index contributed by atoms with van der Waals surface area (Å²) in [4.78, 5) is 11.2. The molecule has 0 saturated carbocycles. The van der Waals surface area contributed by atoms with Crippen LogP contribution in [0.2, 0.25) is 0 Å². The van der Waals surface area contributed by atoms with E-state index in [1.54, 1.807) is 6.92 Å². The van der Waals surface area contributed by atoms with E-state index in [0.29, 0.717) is 26.4 Å². The van der Waals surface area contributed by atoms with Crippen molar-refractivity contribution in [2.75, 3.05) is 33.0 Å². The molecule has 6 heteroatoms. The third-order valence-corrected chi connectivity index (χ3v) is 2.22. The molecule has 2 atom stereocenters. The van der Waals surface area contributed by atoms with Crippen molar-refractivity contribution in [1.82, 2.24) is 0 Å². The van der Waals surface area contributed by atoms with Crippen LogP contribution in [-0.4, -0.2) is 45.1 Å². The highest BCUT2D eigenvalue weighted by Gasteiger charge is 2.08. The molecule has 16 heavy (non-hydrogen) atoms. The summed E-state index contributed by atoms with van der Waals surface area (Å²) >= 11 is 0. The molecule has 0 rings (SSSR count). The van der Waals surface area contributed by atoms with E-state index >= 15 is 0 Å². The summed E-state index contributed by atoms with van der Waals surface area (Å²) in [6.07, 6.45) is 0.110. The minimum atomic E-state index is -0.275. The summed E-state index contributed by atoms with van der Waals surface area (Å²) in [6, 6.07) is 0. The number of carbonyl (C=O) groups excluding carboxylic acids is 1. The lowest BCUT2D eigenvalue weighted by Gasteiger charge is -2.09. The zero-order chi connectivity index (χ0) is 12.2. The lowest BCUT2D eigenvalue weighted by Crippen LogP contribution is -2.16. The summed E-state index contributed by atoms with van der Waals surface area (Å²) in [5.41, 5.74) is 0. The summed E-state index contributed by atoms with van der Waals surface area (Å²) in [7, 11) is 2.12. The fraction of sp³-hybridized carbons (Fsp3) is 0.900. The maximum atomic E-state index is 11.2. The zero-order valence-electron chi connectivity index (χ0n) is 9.94. The molecule has 0 aliphatic rings. The minimum absolute atomic E-state index is 0.142. The summed E-state index contributed by atoms with van der Waals surface area (Å²) < 4.78 is 20.0. The van der Waals surface area contributed by atoms with Crippen molar-refractivity contribution in [2.45, 2.75) is 26.4 Å². The van der Waals surface area contributed by atoms with Gasteiger partial charge in [-0.1, -0.05) is 0 Å². The van der Waals surface area contributed by atoms with E-state index in [0.717, 1.165) is 0 Å². The summed E-state index contributed by atoms with van der Waals surface area (Å²) in [5.74, 6) is -0.275. The average molecular weight is 252 g/mol. The van der Waals surface area contributed by atoms with Gasteiger partial charge in [-0.05, 0) is 13.8 Å². The molecule has 0 bridgehead atoms. The van der Waals surface area contributed by atoms with Gasteiger partial charge < -0.3 is 18.7 Å². The lowest BCUT2D eigenvalue weighted by atomic mass is 10.3. The lowest BCUT2D eigenvalue weighted by molar-refractivity contribution is -0.146. The van der Waals surface area contributed by atoms with Crippen molar-refractivity contribution in [3.8, 4) is 0 Å². The van der Waals surface area contributed by atoms with Crippen LogP contribution in [-0.2, 0) is 23.5 Å².